The fourth-order valence-electron chi connectivity index (χ4n) is 1.39. The average Bonchev–Trinajstić information content (AvgIpc) is 2.35. The number of carbonyl (C=O) groups is 1. The van der Waals surface area contributed by atoms with Crippen molar-refractivity contribution in [3.8, 4) is 6.07 Å². The van der Waals surface area contributed by atoms with Crippen LogP contribution in [0.15, 0.2) is 12.3 Å². The zero-order chi connectivity index (χ0) is 13.5. The van der Waals surface area contributed by atoms with Gasteiger partial charge in [0.25, 0.3) is 0 Å². The zero-order valence-electron chi connectivity index (χ0n) is 9.98. The molecule has 1 aromatic rings. The van der Waals surface area contributed by atoms with E-state index in [0.29, 0.717) is 35.8 Å². The molecule has 0 spiro atoms. The summed E-state index contributed by atoms with van der Waals surface area (Å²) in [6.45, 7) is 2.24. The van der Waals surface area contributed by atoms with E-state index in [1.165, 1.54) is 6.20 Å². The van der Waals surface area contributed by atoms with Gasteiger partial charge in [-0.05, 0) is 18.9 Å². The Labute approximate surface area is 110 Å². The van der Waals surface area contributed by atoms with Crippen LogP contribution in [0, 0.1) is 17.2 Å². The third-order valence-electron chi connectivity index (χ3n) is 2.54. The number of rotatable bonds is 6. The van der Waals surface area contributed by atoms with Gasteiger partial charge in [-0.2, -0.15) is 5.26 Å². The molecule has 6 heteroatoms. The van der Waals surface area contributed by atoms with Gasteiger partial charge in [0, 0.05) is 12.7 Å². The van der Waals surface area contributed by atoms with Gasteiger partial charge in [-0.15, -0.1) is 0 Å². The monoisotopic (exact) mass is 267 g/mol. The van der Waals surface area contributed by atoms with Crippen molar-refractivity contribution in [2.45, 2.75) is 19.8 Å². The number of carboxylic acids is 1. The molecule has 1 atom stereocenters. The van der Waals surface area contributed by atoms with E-state index in [1.54, 1.807) is 13.0 Å². The highest BCUT2D eigenvalue weighted by molar-refractivity contribution is 6.34. The van der Waals surface area contributed by atoms with E-state index in [2.05, 4.69) is 10.3 Å². The Morgan fingerprint density at radius 1 is 1.72 bits per heavy atom. The van der Waals surface area contributed by atoms with Crippen LogP contribution < -0.4 is 5.32 Å². The smallest absolute Gasteiger partial charge is 0.306 e. The molecule has 1 aromatic heterocycles. The Morgan fingerprint density at radius 2 is 2.44 bits per heavy atom. The number of nitriles is 1. The molecule has 0 amide bonds. The lowest BCUT2D eigenvalue weighted by atomic mass is 10.1. The van der Waals surface area contributed by atoms with Crippen molar-refractivity contribution >= 4 is 23.4 Å². The largest absolute Gasteiger partial charge is 0.481 e. The Kier molecular flexibility index (Phi) is 5.40. The summed E-state index contributed by atoms with van der Waals surface area (Å²) < 4.78 is 0. The summed E-state index contributed by atoms with van der Waals surface area (Å²) in [5, 5.41) is 20.8. The average molecular weight is 268 g/mol. The van der Waals surface area contributed by atoms with Gasteiger partial charge in [0.1, 0.15) is 16.9 Å². The number of anilines is 1. The molecule has 0 bridgehead atoms. The van der Waals surface area contributed by atoms with Crippen LogP contribution in [0.4, 0.5) is 5.82 Å². The van der Waals surface area contributed by atoms with Crippen molar-refractivity contribution in [1.82, 2.24) is 4.98 Å². The maximum atomic E-state index is 10.6. The van der Waals surface area contributed by atoms with E-state index in [1.807, 2.05) is 6.07 Å². The molecule has 0 aliphatic heterocycles. The van der Waals surface area contributed by atoms with Crippen molar-refractivity contribution in [3.63, 3.8) is 0 Å². The van der Waals surface area contributed by atoms with Gasteiger partial charge >= 0.3 is 5.97 Å². The molecule has 0 saturated heterocycles. The second kappa shape index (κ2) is 6.82. The number of nitrogens with one attached hydrogen (secondary N) is 1. The first kappa shape index (κ1) is 14.3. The molecule has 0 aromatic carbocycles. The molecule has 2 N–H and O–H groups in total. The molecule has 1 rings (SSSR count). The van der Waals surface area contributed by atoms with Crippen LogP contribution in [0.5, 0.6) is 0 Å². The van der Waals surface area contributed by atoms with Gasteiger partial charge in [0.05, 0.1) is 11.5 Å². The maximum Gasteiger partial charge on any atom is 0.306 e. The summed E-state index contributed by atoms with van der Waals surface area (Å²) in [6.07, 6.45) is 2.78. The van der Waals surface area contributed by atoms with Gasteiger partial charge in [0.15, 0.2) is 0 Å². The first-order chi connectivity index (χ1) is 8.56. The molecule has 0 saturated carbocycles. The molecule has 18 heavy (non-hydrogen) atoms. The highest BCUT2D eigenvalue weighted by Gasteiger charge is 2.10. The van der Waals surface area contributed by atoms with Crippen LogP contribution in [0.25, 0.3) is 0 Å². The van der Waals surface area contributed by atoms with Gasteiger partial charge in [-0.1, -0.05) is 18.5 Å². The topological polar surface area (TPSA) is 86.0 Å². The van der Waals surface area contributed by atoms with E-state index < -0.39 is 5.97 Å². The third kappa shape index (κ3) is 3.90. The van der Waals surface area contributed by atoms with Crippen molar-refractivity contribution in [2.24, 2.45) is 5.92 Å². The van der Waals surface area contributed by atoms with E-state index in [4.69, 9.17) is 22.0 Å². The highest BCUT2D eigenvalue weighted by atomic mass is 35.5. The minimum atomic E-state index is -0.794. The number of nitrogens with zero attached hydrogens (tertiary/aromatic N) is 2. The maximum absolute atomic E-state index is 10.6. The lowest BCUT2D eigenvalue weighted by molar-refractivity contribution is -0.141. The van der Waals surface area contributed by atoms with E-state index >= 15 is 0 Å². The lowest BCUT2D eigenvalue weighted by Crippen LogP contribution is -2.12. The van der Waals surface area contributed by atoms with Gasteiger partial charge < -0.3 is 10.4 Å². The molecule has 0 aliphatic rings. The molecular weight excluding hydrogens is 254 g/mol. The molecular formula is C12H14ClN3O2. The van der Waals surface area contributed by atoms with Crippen LogP contribution in [-0.4, -0.2) is 22.6 Å². The number of carboxylic acid groups (broad SMARTS) is 1. The quantitative estimate of drug-likeness (QED) is 0.774. The first-order valence-electron chi connectivity index (χ1n) is 5.57. The number of aromatic nitrogens is 1. The number of halogens is 1. The Hall–Kier alpha value is -1.80. The zero-order valence-corrected chi connectivity index (χ0v) is 10.7. The van der Waals surface area contributed by atoms with Crippen LogP contribution in [0.2, 0.25) is 5.02 Å². The molecule has 0 fully saturated rings. The molecule has 1 unspecified atom stereocenters. The second-order valence-electron chi connectivity index (χ2n) is 3.94. The standard InChI is InChI=1S/C12H14ClN3O2/c1-8(12(17)18)3-2-5-15-11-10(13)9(7-14)4-6-16-11/h4,6,8H,2-3,5H2,1H3,(H,15,16)(H,17,18). The fourth-order valence-corrected chi connectivity index (χ4v) is 1.61. The summed E-state index contributed by atoms with van der Waals surface area (Å²) in [5.41, 5.74) is 0.369. The van der Waals surface area contributed by atoms with Crippen LogP contribution in [0.1, 0.15) is 25.3 Å². The number of hydrogen-bond donors (Lipinski definition) is 2. The van der Waals surface area contributed by atoms with Crippen molar-refractivity contribution in [2.75, 3.05) is 11.9 Å². The number of pyridine rings is 1. The number of hydrogen-bond acceptors (Lipinski definition) is 4. The van der Waals surface area contributed by atoms with Crippen molar-refractivity contribution < 1.29 is 9.90 Å². The first-order valence-corrected chi connectivity index (χ1v) is 5.95. The Morgan fingerprint density at radius 3 is 3.06 bits per heavy atom. The summed E-state index contributed by atoms with van der Waals surface area (Å²) in [5.74, 6) is -0.697. The van der Waals surface area contributed by atoms with Crippen LogP contribution in [0.3, 0.4) is 0 Å². The second-order valence-corrected chi connectivity index (χ2v) is 4.32. The molecule has 96 valence electrons. The molecule has 1 heterocycles. The van der Waals surface area contributed by atoms with Gasteiger partial charge in [-0.3, -0.25) is 4.79 Å². The summed E-state index contributed by atoms with van der Waals surface area (Å²) in [4.78, 5) is 14.6. The molecule has 5 nitrogen and oxygen atoms in total. The summed E-state index contributed by atoms with van der Waals surface area (Å²) >= 11 is 5.96. The van der Waals surface area contributed by atoms with Crippen LogP contribution in [-0.2, 0) is 4.79 Å². The Bertz CT molecular complexity index is 471. The lowest BCUT2D eigenvalue weighted by Gasteiger charge is -2.09. The van der Waals surface area contributed by atoms with Crippen molar-refractivity contribution in [3.05, 3.63) is 22.8 Å². The number of aliphatic carboxylic acids is 1. The Balaban J connectivity index is 2.45. The SMILES string of the molecule is CC(CCCNc1nccc(C#N)c1Cl)C(=O)O. The van der Waals surface area contributed by atoms with Gasteiger partial charge in [-0.25, -0.2) is 4.98 Å². The fraction of sp³-hybridized carbons (Fsp3) is 0.417. The van der Waals surface area contributed by atoms with E-state index in [-0.39, 0.29) is 5.92 Å². The van der Waals surface area contributed by atoms with Gasteiger partial charge in [0.2, 0.25) is 0 Å². The van der Waals surface area contributed by atoms with Crippen molar-refractivity contribution in [1.29, 1.82) is 5.26 Å². The van der Waals surface area contributed by atoms with E-state index in [9.17, 15) is 4.79 Å². The van der Waals surface area contributed by atoms with Crippen LogP contribution >= 0.6 is 11.6 Å². The minimum Gasteiger partial charge on any atom is -0.481 e. The normalized spacial score (nSPS) is 11.6. The summed E-state index contributed by atoms with van der Waals surface area (Å²) in [7, 11) is 0. The predicted molar refractivity (Wildman–Crippen MR) is 68.5 cm³/mol. The molecule has 0 aliphatic carbocycles. The van der Waals surface area contributed by atoms with E-state index in [0.717, 1.165) is 0 Å². The highest BCUT2D eigenvalue weighted by Crippen LogP contribution is 2.22. The third-order valence-corrected chi connectivity index (χ3v) is 2.92. The minimum absolute atomic E-state index is 0.297. The molecule has 0 radical (unpaired) electrons. The summed E-state index contributed by atoms with van der Waals surface area (Å²) in [6, 6.07) is 3.51. The predicted octanol–water partition coefficient (Wildman–Crippen LogP) is 2.52.